The van der Waals surface area contributed by atoms with Crippen molar-refractivity contribution in [3.05, 3.63) is 178 Å². The lowest BCUT2D eigenvalue weighted by Gasteiger charge is -2.13. The van der Waals surface area contributed by atoms with Crippen molar-refractivity contribution in [3.63, 3.8) is 0 Å². The summed E-state index contributed by atoms with van der Waals surface area (Å²) in [5.41, 5.74) is -1.21. The summed E-state index contributed by atoms with van der Waals surface area (Å²) in [4.78, 5) is 49.6. The number of nitrogens with one attached hydrogen (secondary N) is 3. The number of aryl methyl sites for hydroxylation is 4. The van der Waals surface area contributed by atoms with Crippen molar-refractivity contribution in [2.24, 2.45) is 19.1 Å². The summed E-state index contributed by atoms with van der Waals surface area (Å²) in [6, 6.07) is 23.8. The molecule has 0 saturated heterocycles. The number of ether oxygens (including phenoxy) is 4. The largest absolute Gasteiger partial charge is 0.496 e. The molecule has 436 valence electrons. The Labute approximate surface area is 533 Å². The molecule has 2 aromatic heterocycles. The van der Waals surface area contributed by atoms with Crippen LogP contribution in [0, 0.1) is 13.7 Å². The molecule has 0 unspecified atom stereocenters. The van der Waals surface area contributed by atoms with Crippen molar-refractivity contribution in [2.45, 2.75) is 99.5 Å². The van der Waals surface area contributed by atoms with Gasteiger partial charge in [-0.1, -0.05) is 48.5 Å². The number of rotatable bonds is 15. The van der Waals surface area contributed by atoms with Crippen LogP contribution in [0.4, 0.5) is 21.0 Å². The third-order valence-corrected chi connectivity index (χ3v) is 14.1. The van der Waals surface area contributed by atoms with Gasteiger partial charge in [0.05, 0.1) is 40.4 Å². The van der Waals surface area contributed by atoms with Crippen molar-refractivity contribution in [3.8, 4) is 11.5 Å². The van der Waals surface area contributed by atoms with Gasteiger partial charge >= 0.3 is 18.2 Å². The van der Waals surface area contributed by atoms with E-state index < -0.39 is 171 Å². The van der Waals surface area contributed by atoms with Crippen LogP contribution < -0.4 is 30.0 Å². The van der Waals surface area contributed by atoms with Crippen LogP contribution in [0.5, 0.6) is 11.5 Å². The smallest absolute Gasteiger partial charge is 0.411 e. The van der Waals surface area contributed by atoms with E-state index in [4.69, 9.17) is 73.4 Å². The van der Waals surface area contributed by atoms with E-state index in [0.717, 1.165) is 45.5 Å². The predicted molar refractivity (Wildman–Crippen MR) is 317 cm³/mol. The first kappa shape index (κ1) is 29.0. The maximum absolute atomic E-state index is 13.2. The van der Waals surface area contributed by atoms with Crippen LogP contribution >= 0.6 is 0 Å². The fourth-order valence-corrected chi connectivity index (χ4v) is 9.68. The summed E-state index contributed by atoms with van der Waals surface area (Å²) >= 11 is 0. The molecular formula is C62H68N6O13S2. The van der Waals surface area contributed by atoms with Gasteiger partial charge in [0.15, 0.2) is 0 Å². The van der Waals surface area contributed by atoms with Gasteiger partial charge < -0.3 is 33.2 Å². The number of carbonyl (C=O) groups is 4. The van der Waals surface area contributed by atoms with Crippen LogP contribution in [-0.4, -0.2) is 81.4 Å². The summed E-state index contributed by atoms with van der Waals surface area (Å²) in [6.45, 7) is -10.9. The average molecular weight is 1210 g/mol. The minimum atomic E-state index is -4.80. The molecule has 0 atom stereocenters. The van der Waals surface area contributed by atoms with E-state index in [1.54, 1.807) is 4.72 Å². The number of carboxylic acid groups (broad SMARTS) is 1. The highest BCUT2D eigenvalue weighted by Crippen LogP contribution is 2.33. The van der Waals surface area contributed by atoms with Gasteiger partial charge in [0.2, 0.25) is 10.0 Å². The standard InChI is InChI=1S/C31H33N3O6S.C24H26N2O5.C7H9NO2S/c1-20-8-4-7-11-29(20)41(37,38)33-30(35)22-13-12-21(28(17-22)39-3)16-23-19-34(2)27-15-14-24(18-26(23)27)32-31(36)40-25-9-5-6-10-25;1-26-14-17(11-15-7-8-16(23(27)28)12-22(15)30-2)20-13-18(9-10-21(20)26)25-24(29)31-19-5-3-4-6-19;1-6-4-2-3-5-7(6)11(8,9)10/h4,7-8,11-15,17-19,25H,5-6,9-10,16H2,1-3H3,(H,32,36)(H,33,35);7-10,12-14,19H,3-6,11H2,1-2H3,(H,25,29)(H,27,28);2-5H,1H3,(H2,8,9,10)/i1D3,2D3,3D3,5D2,6D2,9D2,10D2,25D;1D3,2D3,3D2,4D2,5D2,6D2,19D;1D3. The highest BCUT2D eigenvalue weighted by molar-refractivity contribution is 7.90. The Bertz CT molecular complexity index is 5490. The van der Waals surface area contributed by atoms with E-state index in [-0.39, 0.29) is 90.0 Å². The molecule has 3 amide bonds. The van der Waals surface area contributed by atoms with Crippen LogP contribution in [0.15, 0.2) is 144 Å². The lowest BCUT2D eigenvalue weighted by atomic mass is 10.0. The predicted octanol–water partition coefficient (Wildman–Crippen LogP) is 11.3. The molecule has 0 radical (unpaired) electrons. The Kier molecular flexibility index (Phi) is 9.27. The molecule has 0 bridgehead atoms. The van der Waals surface area contributed by atoms with Crippen molar-refractivity contribution in [1.29, 1.82) is 0 Å². The fraction of sp³-hybridized carbons (Fsp3) is 0.290. The second kappa shape index (κ2) is 26.5. The van der Waals surface area contributed by atoms with Gasteiger partial charge in [-0.25, -0.2) is 41.1 Å². The fourth-order valence-electron chi connectivity index (χ4n) is 7.95. The highest BCUT2D eigenvalue weighted by atomic mass is 32.2. The Morgan fingerprint density at radius 3 is 1.52 bits per heavy atom. The van der Waals surface area contributed by atoms with Crippen LogP contribution in [0.3, 0.4) is 0 Å². The van der Waals surface area contributed by atoms with Gasteiger partial charge in [-0.05, 0) is 171 Å². The SMILES string of the molecule is [2H]C([2H])([2H])Oc1cc(C(=O)NS(=O)(=O)c2ccccc2C([2H])([2H])[2H])ccc1Cc1cn(C([2H])([2H])[2H])c2ccc(NC(=O)OC3([2H])C([2H])([2H])C([2H])([2H])C([2H])([2H])C3([2H])[2H])cc12.[2H]C([2H])([2H])Oc1cc(C(=O)O)ccc1Cc1cn(C([2H])([2H])[2H])c2ccc(NC(=O)OC3([2H])C([2H])([2H])C([2H])([2H])C([2H])([2H])C3([2H])[2H])cc12.[2H]C([2H])([2H])c1ccccc1S(N)(=O)=O. The molecule has 2 heterocycles. The van der Waals surface area contributed by atoms with E-state index in [1.807, 2.05) is 0 Å². The van der Waals surface area contributed by atoms with Gasteiger partial charge in [0, 0.05) is 116 Å². The third-order valence-electron chi connectivity index (χ3n) is 11.7. The monoisotopic (exact) mass is 1200 g/mol. The molecule has 2 fully saturated rings. The van der Waals surface area contributed by atoms with Crippen molar-refractivity contribution < 1.29 is 109 Å². The number of aromatic carboxylic acids is 1. The van der Waals surface area contributed by atoms with Crippen LogP contribution in [0.1, 0.15) is 154 Å². The molecule has 83 heavy (non-hydrogen) atoms. The maximum Gasteiger partial charge on any atom is 0.411 e. The van der Waals surface area contributed by atoms with Gasteiger partial charge in [-0.2, -0.15) is 0 Å². The van der Waals surface area contributed by atoms with Crippen molar-refractivity contribution in [1.82, 2.24) is 13.9 Å². The number of hydrogen-bond donors (Lipinski definition) is 5. The molecule has 2 saturated carbocycles. The molecule has 2 aliphatic rings. The quantitative estimate of drug-likeness (QED) is 0.0640. The maximum atomic E-state index is 13.2. The van der Waals surface area contributed by atoms with E-state index >= 15 is 0 Å². The molecule has 0 spiro atoms. The summed E-state index contributed by atoms with van der Waals surface area (Å²) in [5, 5.41) is 18.7. The number of nitrogens with two attached hydrogens (primary N) is 1. The van der Waals surface area contributed by atoms with Crippen molar-refractivity contribution in [2.75, 3.05) is 24.7 Å². The number of carboxylic acids is 1. The molecule has 10 rings (SSSR count). The molecule has 2 aliphatic carbocycles. The number of hydrogen-bond acceptors (Lipinski definition) is 12. The number of amides is 3. The summed E-state index contributed by atoms with van der Waals surface area (Å²) in [5.74, 6) is -3.45. The lowest BCUT2D eigenvalue weighted by molar-refractivity contribution is 0.0695. The first-order chi connectivity index (χ1) is 53.5. The lowest BCUT2D eigenvalue weighted by Crippen LogP contribution is -2.31. The second-order valence-electron chi connectivity index (χ2n) is 17.2. The average Bonchev–Trinajstić information content (AvgIpc) is 1.51. The van der Waals surface area contributed by atoms with Crippen LogP contribution in [0.2, 0.25) is 0 Å². The number of benzene rings is 6. The van der Waals surface area contributed by atoms with E-state index in [9.17, 15) is 41.1 Å². The van der Waals surface area contributed by atoms with Crippen molar-refractivity contribution >= 4 is 77.3 Å². The zero-order valence-electron chi connectivity index (χ0n) is 78.3. The summed E-state index contributed by atoms with van der Waals surface area (Å²) < 4.78 is 353. The minimum Gasteiger partial charge on any atom is -0.496 e. The first-order valence-electron chi connectivity index (χ1n) is 41.4. The number of anilines is 2. The Balaban J connectivity index is 0.000000260. The van der Waals surface area contributed by atoms with Crippen LogP contribution in [0.25, 0.3) is 21.8 Å². The number of primary sulfonamides is 1. The number of aromatic nitrogens is 2. The number of methoxy groups -OCH3 is 2. The van der Waals surface area contributed by atoms with Gasteiger partial charge in [-0.15, -0.1) is 0 Å². The molecular weight excluding hydrogens is 1100 g/mol. The van der Waals surface area contributed by atoms with Gasteiger partial charge in [0.25, 0.3) is 15.9 Å². The minimum absolute atomic E-state index is 0.0148. The van der Waals surface area contributed by atoms with Gasteiger partial charge in [-0.3, -0.25) is 15.4 Å². The van der Waals surface area contributed by atoms with Crippen LogP contribution in [-0.2, 0) is 56.3 Å². The van der Waals surface area contributed by atoms with E-state index in [0.29, 0.717) is 0 Å². The van der Waals surface area contributed by atoms with E-state index in [1.165, 1.54) is 97.3 Å². The summed E-state index contributed by atoms with van der Waals surface area (Å²) in [6.07, 6.45) is -38.2. The second-order valence-corrected chi connectivity index (χ2v) is 20.4. The number of fused-ring (bicyclic) bond motifs is 2. The Morgan fingerprint density at radius 2 is 1.07 bits per heavy atom. The molecule has 6 aromatic carbocycles. The van der Waals surface area contributed by atoms with E-state index in [2.05, 4.69) is 10.6 Å². The van der Waals surface area contributed by atoms with Gasteiger partial charge in [0.1, 0.15) is 23.7 Å². The normalized spacial score (nSPS) is 26.5. The zero-order valence-corrected chi connectivity index (χ0v) is 43.9. The molecule has 19 nitrogen and oxygen atoms in total. The third kappa shape index (κ3) is 15.3. The number of nitrogens with zero attached hydrogens (tertiary/aromatic N) is 2. The molecule has 21 heteroatoms. The highest BCUT2D eigenvalue weighted by Gasteiger charge is 2.24. The summed E-state index contributed by atoms with van der Waals surface area (Å²) in [7, 11) is -14.9. The Hall–Kier alpha value is -8.66. The first-order valence-corrected chi connectivity index (χ1v) is 26.5. The molecule has 8 aromatic rings. The topological polar surface area (TPSA) is 266 Å². The molecule has 0 aliphatic heterocycles. The Morgan fingerprint density at radius 1 is 0.614 bits per heavy atom. The molecule has 6 N–H and O–H groups in total. The number of carbonyl (C=O) groups excluding carboxylic acids is 3. The zero-order chi connectivity index (χ0) is 90.8. The number of sulfonamides is 2.